The molecule has 0 bridgehead atoms. The van der Waals surface area contributed by atoms with E-state index in [0.29, 0.717) is 5.56 Å². The van der Waals surface area contributed by atoms with Gasteiger partial charge in [0.15, 0.2) is 0 Å². The van der Waals surface area contributed by atoms with E-state index in [1.54, 1.807) is 12.1 Å². The molecule has 2 aliphatic rings. The summed E-state index contributed by atoms with van der Waals surface area (Å²) in [6.07, 6.45) is 10.3. The van der Waals surface area contributed by atoms with Crippen molar-refractivity contribution in [2.75, 3.05) is 13.1 Å². The van der Waals surface area contributed by atoms with Gasteiger partial charge in [0, 0.05) is 5.54 Å². The van der Waals surface area contributed by atoms with Crippen molar-refractivity contribution in [2.45, 2.75) is 56.9 Å². The molecule has 1 aliphatic heterocycles. The van der Waals surface area contributed by atoms with Gasteiger partial charge in [-0.05, 0) is 56.5 Å². The first-order valence-corrected chi connectivity index (χ1v) is 10.4. The second kappa shape index (κ2) is 8.94. The zero-order valence-corrected chi connectivity index (χ0v) is 15.6. The molecule has 0 unspecified atom stereocenters. The van der Waals surface area contributed by atoms with Gasteiger partial charge in [-0.1, -0.05) is 37.8 Å². The van der Waals surface area contributed by atoms with Crippen LogP contribution in [0, 0.1) is 0 Å². The highest BCUT2D eigenvalue weighted by molar-refractivity contribution is 7.79. The number of nitrogens with zero attached hydrogens (tertiary/aromatic N) is 1. The Morgan fingerprint density at radius 3 is 1.81 bits per heavy atom. The van der Waals surface area contributed by atoms with Gasteiger partial charge in [-0.3, -0.25) is 14.0 Å². The van der Waals surface area contributed by atoms with E-state index < -0.39 is 16.4 Å². The van der Waals surface area contributed by atoms with E-state index in [-0.39, 0.29) is 5.54 Å². The normalized spacial score (nSPS) is 20.7. The number of carboxylic acids is 1. The molecule has 26 heavy (non-hydrogen) atoms. The molecule has 1 saturated heterocycles. The maximum atomic E-state index is 11.1. The van der Waals surface area contributed by atoms with Gasteiger partial charge in [-0.2, -0.15) is 8.42 Å². The van der Waals surface area contributed by atoms with E-state index >= 15 is 0 Å². The van der Waals surface area contributed by atoms with Crippen LogP contribution in [0.2, 0.25) is 0 Å². The van der Waals surface area contributed by atoms with Crippen molar-refractivity contribution >= 4 is 16.4 Å². The van der Waals surface area contributed by atoms with E-state index in [9.17, 15) is 4.79 Å². The highest BCUT2D eigenvalue weighted by Gasteiger charge is 2.39. The maximum absolute atomic E-state index is 11.1. The Bertz CT molecular complexity index is 681. The van der Waals surface area contributed by atoms with Gasteiger partial charge in [0.05, 0.1) is 5.56 Å². The second-order valence-electron chi connectivity index (χ2n) is 6.97. The molecule has 3 N–H and O–H groups in total. The van der Waals surface area contributed by atoms with Gasteiger partial charge < -0.3 is 5.11 Å². The van der Waals surface area contributed by atoms with E-state index in [1.807, 2.05) is 0 Å². The van der Waals surface area contributed by atoms with Crippen LogP contribution in [-0.2, 0) is 15.9 Å². The van der Waals surface area contributed by atoms with Crippen LogP contribution in [0.25, 0.3) is 0 Å². The summed E-state index contributed by atoms with van der Waals surface area (Å²) in [5.41, 5.74) is 1.88. The number of hydrogen-bond donors (Lipinski definition) is 3. The lowest BCUT2D eigenvalue weighted by Crippen LogP contribution is -2.49. The number of carbonyl (C=O) groups is 1. The van der Waals surface area contributed by atoms with Crippen LogP contribution in [0.4, 0.5) is 0 Å². The quantitative estimate of drug-likeness (QED) is 0.683. The van der Waals surface area contributed by atoms with Crippen LogP contribution in [0.15, 0.2) is 24.3 Å². The summed E-state index contributed by atoms with van der Waals surface area (Å²) in [6, 6.07) is 7.67. The van der Waals surface area contributed by atoms with Gasteiger partial charge in [-0.15, -0.1) is 0 Å². The predicted octanol–water partition coefficient (Wildman–Crippen LogP) is 3.38. The summed E-state index contributed by atoms with van der Waals surface area (Å²) in [4.78, 5) is 13.7. The SMILES string of the molecule is O=C(O)c1ccc(C2(N3CCCCC3)CCCCC2)cc1.O=S(=O)(O)O. The lowest BCUT2D eigenvalue weighted by Gasteiger charge is -2.48. The van der Waals surface area contributed by atoms with E-state index in [0.717, 1.165) is 0 Å². The molecule has 1 aliphatic carbocycles. The number of likely N-dealkylation sites (tertiary alicyclic amines) is 1. The molecule has 0 aromatic heterocycles. The van der Waals surface area contributed by atoms with Gasteiger partial charge in [0.25, 0.3) is 0 Å². The molecule has 1 aromatic rings. The first kappa shape index (κ1) is 20.8. The van der Waals surface area contributed by atoms with Crippen molar-refractivity contribution in [3.05, 3.63) is 35.4 Å². The van der Waals surface area contributed by atoms with Crippen LogP contribution < -0.4 is 0 Å². The third kappa shape index (κ3) is 5.77. The zero-order valence-electron chi connectivity index (χ0n) is 14.8. The lowest BCUT2D eigenvalue weighted by molar-refractivity contribution is 0.0303. The summed E-state index contributed by atoms with van der Waals surface area (Å²) >= 11 is 0. The molecule has 146 valence electrons. The number of carboxylic acid groups (broad SMARTS) is 1. The van der Waals surface area contributed by atoms with E-state index in [1.165, 1.54) is 70.0 Å². The van der Waals surface area contributed by atoms with Crippen molar-refractivity contribution in [3.8, 4) is 0 Å². The summed E-state index contributed by atoms with van der Waals surface area (Å²) in [7, 11) is -4.67. The Labute approximate surface area is 154 Å². The summed E-state index contributed by atoms with van der Waals surface area (Å²) in [5, 5.41) is 9.09. The first-order valence-electron chi connectivity index (χ1n) is 9.01. The Kier molecular flexibility index (Phi) is 7.16. The molecule has 0 radical (unpaired) electrons. The Hall–Kier alpha value is -1.48. The minimum absolute atomic E-state index is 0.162. The standard InChI is InChI=1S/C18H25NO2.H2O4S/c20-17(21)15-7-9-16(10-8-15)18(11-3-1-4-12-18)19-13-5-2-6-14-19;1-5(2,3)4/h7-10H,1-6,11-14H2,(H,20,21);(H2,1,2,3,4). The molecule has 2 fully saturated rings. The number of hydrogen-bond acceptors (Lipinski definition) is 4. The Morgan fingerprint density at radius 2 is 1.35 bits per heavy atom. The molecule has 7 nitrogen and oxygen atoms in total. The summed E-state index contributed by atoms with van der Waals surface area (Å²) < 4.78 is 31.6. The van der Waals surface area contributed by atoms with Crippen molar-refractivity contribution in [3.63, 3.8) is 0 Å². The smallest absolute Gasteiger partial charge is 0.394 e. The Morgan fingerprint density at radius 1 is 0.885 bits per heavy atom. The van der Waals surface area contributed by atoms with Crippen LogP contribution in [0.3, 0.4) is 0 Å². The average Bonchev–Trinajstić information content (AvgIpc) is 2.62. The molecular formula is C18H27NO6S. The van der Waals surface area contributed by atoms with Crippen molar-refractivity contribution in [1.29, 1.82) is 0 Å². The van der Waals surface area contributed by atoms with Gasteiger partial charge >= 0.3 is 16.4 Å². The van der Waals surface area contributed by atoms with Gasteiger partial charge in [0.1, 0.15) is 0 Å². The topological polar surface area (TPSA) is 115 Å². The minimum Gasteiger partial charge on any atom is -0.478 e. The van der Waals surface area contributed by atoms with Gasteiger partial charge in [0.2, 0.25) is 0 Å². The van der Waals surface area contributed by atoms with Crippen molar-refractivity contribution in [2.24, 2.45) is 0 Å². The number of aromatic carboxylic acids is 1. The molecule has 1 saturated carbocycles. The van der Waals surface area contributed by atoms with Gasteiger partial charge in [-0.25, -0.2) is 4.79 Å². The van der Waals surface area contributed by atoms with Crippen LogP contribution >= 0.6 is 0 Å². The molecule has 3 rings (SSSR count). The highest BCUT2D eigenvalue weighted by Crippen LogP contribution is 2.43. The number of piperidine rings is 1. The summed E-state index contributed by atoms with van der Waals surface area (Å²) in [6.45, 7) is 2.39. The third-order valence-corrected chi connectivity index (χ3v) is 5.31. The maximum Gasteiger partial charge on any atom is 0.394 e. The molecule has 1 aromatic carbocycles. The van der Waals surface area contributed by atoms with Crippen LogP contribution in [0.1, 0.15) is 67.3 Å². The monoisotopic (exact) mass is 385 g/mol. The first-order chi connectivity index (χ1) is 12.2. The lowest BCUT2D eigenvalue weighted by atomic mass is 9.74. The third-order valence-electron chi connectivity index (χ3n) is 5.31. The average molecular weight is 385 g/mol. The molecule has 8 heteroatoms. The van der Waals surface area contributed by atoms with Crippen LogP contribution in [-0.4, -0.2) is 46.6 Å². The highest BCUT2D eigenvalue weighted by atomic mass is 32.3. The molecule has 1 heterocycles. The molecule has 0 atom stereocenters. The molecule has 0 spiro atoms. The largest absolute Gasteiger partial charge is 0.478 e. The van der Waals surface area contributed by atoms with E-state index in [2.05, 4.69) is 17.0 Å². The minimum atomic E-state index is -4.67. The summed E-state index contributed by atoms with van der Waals surface area (Å²) in [5.74, 6) is -0.836. The fourth-order valence-electron chi connectivity index (χ4n) is 4.17. The fourth-order valence-corrected chi connectivity index (χ4v) is 4.17. The van der Waals surface area contributed by atoms with Crippen molar-refractivity contribution in [1.82, 2.24) is 4.90 Å². The van der Waals surface area contributed by atoms with Crippen molar-refractivity contribution < 1.29 is 27.4 Å². The number of benzene rings is 1. The molecular weight excluding hydrogens is 358 g/mol. The predicted molar refractivity (Wildman–Crippen MR) is 97.8 cm³/mol. The second-order valence-corrected chi connectivity index (χ2v) is 7.87. The molecule has 0 amide bonds. The Balaban J connectivity index is 0.000000431. The number of rotatable bonds is 3. The fraction of sp³-hybridized carbons (Fsp3) is 0.611. The van der Waals surface area contributed by atoms with Crippen LogP contribution in [0.5, 0.6) is 0 Å². The zero-order chi connectivity index (χ0) is 19.2. The van der Waals surface area contributed by atoms with E-state index in [4.69, 9.17) is 22.6 Å².